The summed E-state index contributed by atoms with van der Waals surface area (Å²) in [4.78, 5) is 3.29. The maximum atomic E-state index is 14.4. The quantitative estimate of drug-likeness (QED) is 0.429. The molecule has 1 saturated heterocycles. The zero-order chi connectivity index (χ0) is 22.5. The highest BCUT2D eigenvalue weighted by atomic mass is 35.5. The summed E-state index contributed by atoms with van der Waals surface area (Å²) in [5.74, 6) is -0.588. The van der Waals surface area contributed by atoms with Gasteiger partial charge in [0.15, 0.2) is 0 Å². The van der Waals surface area contributed by atoms with Crippen LogP contribution >= 0.6 is 11.6 Å². The summed E-state index contributed by atoms with van der Waals surface area (Å²) in [6.45, 7) is 4.98. The third-order valence-electron chi connectivity index (χ3n) is 5.32. The summed E-state index contributed by atoms with van der Waals surface area (Å²) in [5, 5.41) is 18.3. The fraction of sp³-hybridized carbons (Fsp3) is 0.389. The van der Waals surface area contributed by atoms with Crippen LogP contribution in [0.3, 0.4) is 0 Å². The van der Waals surface area contributed by atoms with Crippen molar-refractivity contribution in [3.63, 3.8) is 0 Å². The van der Waals surface area contributed by atoms with Gasteiger partial charge in [-0.1, -0.05) is 23.7 Å². The Balaban J connectivity index is 1.94. The van der Waals surface area contributed by atoms with E-state index in [0.29, 0.717) is 0 Å². The Hall–Kier alpha value is -1.65. The molecule has 0 bridgehead atoms. The summed E-state index contributed by atoms with van der Waals surface area (Å²) >= 11 is 5.76. The molecule has 0 amide bonds. The number of benzene rings is 1. The topological polar surface area (TPSA) is 71.8 Å². The van der Waals surface area contributed by atoms with Gasteiger partial charge >= 0.3 is 20.4 Å². The number of rotatable bonds is 4. The number of hydrogen-bond acceptors (Lipinski definition) is 5. The number of hydrogen-bond donors (Lipinski definition) is 2. The molecule has 2 N–H and O–H groups in total. The van der Waals surface area contributed by atoms with Crippen LogP contribution in [0.25, 0.3) is 0 Å². The van der Waals surface area contributed by atoms with Gasteiger partial charge in [0.25, 0.3) is 0 Å². The van der Waals surface area contributed by atoms with Crippen molar-refractivity contribution in [1.82, 2.24) is 4.98 Å². The van der Waals surface area contributed by atoms with E-state index in [4.69, 9.17) is 20.9 Å². The second kappa shape index (κ2) is 7.80. The SMILES string of the molecule is CC1(C)OB(c2cc(Cl)nc(C(F)(F)F)c2)OC1(C)Cc1cc(B(O)O)ccc1F. The minimum absolute atomic E-state index is 0.0270. The molecule has 5 nitrogen and oxygen atoms in total. The summed E-state index contributed by atoms with van der Waals surface area (Å²) in [5.41, 5.74) is -3.11. The summed E-state index contributed by atoms with van der Waals surface area (Å²) in [6, 6.07) is 5.65. The normalized spacial score (nSPS) is 21.2. The van der Waals surface area contributed by atoms with Crippen LogP contribution < -0.4 is 10.9 Å². The van der Waals surface area contributed by atoms with Crippen molar-refractivity contribution in [2.45, 2.75) is 44.6 Å². The molecule has 0 radical (unpaired) electrons. The molecule has 1 aliphatic rings. The van der Waals surface area contributed by atoms with Crippen molar-refractivity contribution >= 4 is 36.8 Å². The van der Waals surface area contributed by atoms with Crippen LogP contribution in [0.2, 0.25) is 5.15 Å². The van der Waals surface area contributed by atoms with Crippen LogP contribution in [0.1, 0.15) is 32.0 Å². The first-order chi connectivity index (χ1) is 13.7. The van der Waals surface area contributed by atoms with E-state index in [1.54, 1.807) is 20.8 Å². The molecule has 1 atom stereocenters. The van der Waals surface area contributed by atoms with Crippen LogP contribution in [-0.2, 0) is 21.9 Å². The Bertz CT molecular complexity index is 960. The average molecular weight is 445 g/mol. The van der Waals surface area contributed by atoms with Crippen LogP contribution in [-0.4, -0.2) is 40.5 Å². The van der Waals surface area contributed by atoms with Gasteiger partial charge in [-0.15, -0.1) is 0 Å². The van der Waals surface area contributed by atoms with Crippen molar-refractivity contribution in [1.29, 1.82) is 0 Å². The zero-order valence-electron chi connectivity index (χ0n) is 16.3. The maximum Gasteiger partial charge on any atom is 0.495 e. The highest BCUT2D eigenvalue weighted by Gasteiger charge is 2.55. The zero-order valence-corrected chi connectivity index (χ0v) is 17.1. The van der Waals surface area contributed by atoms with Gasteiger partial charge in [0, 0.05) is 6.42 Å². The van der Waals surface area contributed by atoms with E-state index >= 15 is 0 Å². The highest BCUT2D eigenvalue weighted by Crippen LogP contribution is 2.40. The van der Waals surface area contributed by atoms with Crippen molar-refractivity contribution in [2.75, 3.05) is 0 Å². The van der Waals surface area contributed by atoms with Gasteiger partial charge in [0.2, 0.25) is 0 Å². The molecule has 2 aromatic rings. The Morgan fingerprint density at radius 1 is 1.13 bits per heavy atom. The number of nitrogens with zero attached hydrogens (tertiary/aromatic N) is 1. The maximum absolute atomic E-state index is 14.4. The Kier molecular flexibility index (Phi) is 5.98. The molecule has 1 fully saturated rings. The Morgan fingerprint density at radius 2 is 1.80 bits per heavy atom. The van der Waals surface area contributed by atoms with Gasteiger partial charge in [0.1, 0.15) is 16.7 Å². The minimum atomic E-state index is -4.70. The molecule has 0 saturated carbocycles. The largest absolute Gasteiger partial charge is 0.495 e. The first kappa shape index (κ1) is 23.0. The lowest BCUT2D eigenvalue weighted by Crippen LogP contribution is -2.47. The number of pyridine rings is 1. The minimum Gasteiger partial charge on any atom is -0.423 e. The third kappa shape index (κ3) is 4.50. The molecular weight excluding hydrogens is 427 g/mol. The van der Waals surface area contributed by atoms with Gasteiger partial charge in [-0.2, -0.15) is 13.2 Å². The van der Waals surface area contributed by atoms with E-state index in [9.17, 15) is 27.6 Å². The van der Waals surface area contributed by atoms with Crippen LogP contribution in [0.15, 0.2) is 30.3 Å². The van der Waals surface area contributed by atoms with E-state index < -0.39 is 43.1 Å². The molecule has 160 valence electrons. The monoisotopic (exact) mass is 445 g/mol. The van der Waals surface area contributed by atoms with E-state index in [1.807, 2.05) is 0 Å². The number of alkyl halides is 3. The lowest BCUT2D eigenvalue weighted by atomic mass is 9.77. The van der Waals surface area contributed by atoms with Crippen LogP contribution in [0.5, 0.6) is 0 Å². The second-order valence-electron chi connectivity index (χ2n) is 7.82. The summed E-state index contributed by atoms with van der Waals surface area (Å²) < 4.78 is 65.5. The van der Waals surface area contributed by atoms with Gasteiger partial charge in [-0.25, -0.2) is 9.37 Å². The highest BCUT2D eigenvalue weighted by molar-refractivity contribution is 6.62. The van der Waals surface area contributed by atoms with E-state index in [0.717, 1.165) is 12.1 Å². The molecule has 12 heteroatoms. The molecule has 1 unspecified atom stereocenters. The van der Waals surface area contributed by atoms with Crippen molar-refractivity contribution < 1.29 is 36.9 Å². The van der Waals surface area contributed by atoms with Gasteiger partial charge in [-0.3, -0.25) is 0 Å². The molecule has 30 heavy (non-hydrogen) atoms. The third-order valence-corrected chi connectivity index (χ3v) is 5.51. The van der Waals surface area contributed by atoms with Crippen molar-refractivity contribution in [2.24, 2.45) is 0 Å². The Labute approximate surface area is 176 Å². The average Bonchev–Trinajstić information content (AvgIpc) is 2.85. The van der Waals surface area contributed by atoms with E-state index in [1.165, 1.54) is 18.2 Å². The van der Waals surface area contributed by atoms with E-state index in [2.05, 4.69) is 4.98 Å². The van der Waals surface area contributed by atoms with Crippen LogP contribution in [0, 0.1) is 5.82 Å². The van der Waals surface area contributed by atoms with Gasteiger partial charge in [0.05, 0.1) is 11.2 Å². The van der Waals surface area contributed by atoms with E-state index in [-0.39, 0.29) is 28.1 Å². The fourth-order valence-corrected chi connectivity index (χ4v) is 3.45. The molecule has 1 aromatic carbocycles. The predicted molar refractivity (Wildman–Crippen MR) is 104 cm³/mol. The summed E-state index contributed by atoms with van der Waals surface area (Å²) in [7, 11) is -2.97. The smallest absolute Gasteiger partial charge is 0.423 e. The standard InChI is InChI=1S/C18H18B2ClF4NO4/c1-16(2)17(3,9-10-6-11(19(27)28)4-5-13(10)22)30-20(29-16)12-7-14(18(23,24)25)26-15(21)8-12/h4-8,27-28H,9H2,1-3H3. The molecule has 3 rings (SSSR count). The van der Waals surface area contributed by atoms with Crippen molar-refractivity contribution in [3.8, 4) is 0 Å². The fourth-order valence-electron chi connectivity index (χ4n) is 3.24. The molecule has 2 heterocycles. The predicted octanol–water partition coefficient (Wildman–Crippen LogP) is 2.09. The molecular formula is C18H18B2ClF4NO4. The molecule has 0 spiro atoms. The number of halogens is 5. The summed E-state index contributed by atoms with van der Waals surface area (Å²) in [6.07, 6.45) is -4.74. The number of aromatic nitrogens is 1. The second-order valence-corrected chi connectivity index (χ2v) is 8.20. The molecule has 0 aliphatic carbocycles. The first-order valence-corrected chi connectivity index (χ1v) is 9.34. The van der Waals surface area contributed by atoms with Crippen molar-refractivity contribution in [3.05, 3.63) is 52.6 Å². The molecule has 1 aliphatic heterocycles. The van der Waals surface area contributed by atoms with Gasteiger partial charge in [-0.05, 0) is 55.5 Å². The van der Waals surface area contributed by atoms with Gasteiger partial charge < -0.3 is 19.4 Å². The first-order valence-electron chi connectivity index (χ1n) is 8.97. The lowest BCUT2D eigenvalue weighted by Gasteiger charge is -2.36. The Morgan fingerprint density at radius 3 is 2.40 bits per heavy atom. The van der Waals surface area contributed by atoms with Crippen LogP contribution in [0.4, 0.5) is 17.6 Å². The lowest BCUT2D eigenvalue weighted by molar-refractivity contribution is -0.141. The molecule has 1 aromatic heterocycles.